The fraction of sp³-hybridized carbons (Fsp3) is 0.0800. The summed E-state index contributed by atoms with van der Waals surface area (Å²) in [7, 11) is 0. The first-order valence-electron chi connectivity index (χ1n) is 10.1. The molecular weight excluding hydrogens is 447 g/mol. The number of nitrogens with zero attached hydrogens (tertiary/aromatic N) is 3. The number of halogens is 3. The molecule has 2 aromatic carbocycles. The Bertz CT molecular complexity index is 1310. The van der Waals surface area contributed by atoms with E-state index in [-0.39, 0.29) is 23.4 Å². The molecule has 0 atom stereocenters. The number of amides is 1. The molecule has 0 spiro atoms. The van der Waals surface area contributed by atoms with E-state index < -0.39 is 23.4 Å². The number of hydrogen-bond acceptors (Lipinski definition) is 5. The van der Waals surface area contributed by atoms with Crippen molar-refractivity contribution in [3.8, 4) is 22.6 Å². The first kappa shape index (κ1) is 22.8. The Balaban J connectivity index is 1.73. The van der Waals surface area contributed by atoms with Gasteiger partial charge in [-0.25, -0.2) is 0 Å². The molecule has 9 heteroatoms. The predicted octanol–water partition coefficient (Wildman–Crippen LogP) is 5.42. The van der Waals surface area contributed by atoms with E-state index in [0.717, 1.165) is 12.3 Å². The van der Waals surface area contributed by atoms with E-state index in [1.165, 1.54) is 53.6 Å². The molecule has 0 aliphatic heterocycles. The van der Waals surface area contributed by atoms with Crippen LogP contribution in [0.5, 0.6) is 11.5 Å². The molecule has 34 heavy (non-hydrogen) atoms. The van der Waals surface area contributed by atoms with E-state index in [1.54, 1.807) is 24.5 Å². The molecule has 2 heterocycles. The van der Waals surface area contributed by atoms with Crippen molar-refractivity contribution < 1.29 is 28.2 Å². The van der Waals surface area contributed by atoms with E-state index >= 15 is 0 Å². The monoisotopic (exact) mass is 465 g/mol. The number of alkyl halides is 3. The molecule has 0 bridgehead atoms. The Labute approximate surface area is 192 Å². The average molecular weight is 465 g/mol. The maximum atomic E-state index is 13.4. The molecule has 1 amide bonds. The Morgan fingerprint density at radius 3 is 2.29 bits per heavy atom. The van der Waals surface area contributed by atoms with Crippen LogP contribution in [0.2, 0.25) is 0 Å². The van der Waals surface area contributed by atoms with Gasteiger partial charge in [0, 0.05) is 36.5 Å². The third kappa shape index (κ3) is 4.83. The van der Waals surface area contributed by atoms with Crippen LogP contribution < -0.4 is 4.90 Å². The number of carbonyl (C=O) groups excluding carboxylic acids is 1. The van der Waals surface area contributed by atoms with Crippen molar-refractivity contribution in [2.45, 2.75) is 12.7 Å². The highest BCUT2D eigenvalue weighted by molar-refractivity contribution is 6.08. The van der Waals surface area contributed by atoms with Gasteiger partial charge >= 0.3 is 6.18 Å². The highest BCUT2D eigenvalue weighted by Crippen LogP contribution is 2.37. The van der Waals surface area contributed by atoms with Crippen LogP contribution in [0.1, 0.15) is 21.5 Å². The zero-order chi connectivity index (χ0) is 24.3. The average Bonchev–Trinajstić information content (AvgIpc) is 2.82. The number of anilines is 1. The summed E-state index contributed by atoms with van der Waals surface area (Å²) in [6.07, 6.45) is 0.654. The van der Waals surface area contributed by atoms with Crippen molar-refractivity contribution in [1.29, 1.82) is 0 Å². The van der Waals surface area contributed by atoms with Gasteiger partial charge in [0.15, 0.2) is 0 Å². The van der Waals surface area contributed by atoms with Gasteiger partial charge < -0.3 is 15.1 Å². The Kier molecular flexibility index (Phi) is 6.18. The lowest BCUT2D eigenvalue weighted by Crippen LogP contribution is -2.30. The molecule has 2 N–H and O–H groups in total. The van der Waals surface area contributed by atoms with Crippen LogP contribution in [0.4, 0.5) is 18.9 Å². The van der Waals surface area contributed by atoms with Crippen molar-refractivity contribution in [2.24, 2.45) is 0 Å². The lowest BCUT2D eigenvalue weighted by atomic mass is 10.0. The minimum Gasteiger partial charge on any atom is -0.508 e. The van der Waals surface area contributed by atoms with Crippen LogP contribution in [0.15, 0.2) is 85.5 Å². The van der Waals surface area contributed by atoms with E-state index in [9.17, 15) is 28.2 Å². The highest BCUT2D eigenvalue weighted by atomic mass is 19.4. The molecule has 172 valence electrons. The summed E-state index contributed by atoms with van der Waals surface area (Å²) in [5.74, 6) is -1.16. The SMILES string of the molecule is O=C(c1ccc(O)cc1O)N(Cc1cccnc1)c1ccc(-c2ccncc2C(F)(F)F)cc1. The van der Waals surface area contributed by atoms with E-state index in [2.05, 4.69) is 9.97 Å². The number of hydrogen-bond donors (Lipinski definition) is 2. The summed E-state index contributed by atoms with van der Waals surface area (Å²) in [5, 5.41) is 19.7. The van der Waals surface area contributed by atoms with Crippen molar-refractivity contribution in [3.63, 3.8) is 0 Å². The van der Waals surface area contributed by atoms with Crippen molar-refractivity contribution in [1.82, 2.24) is 9.97 Å². The van der Waals surface area contributed by atoms with Crippen LogP contribution in [-0.4, -0.2) is 26.1 Å². The first-order valence-corrected chi connectivity index (χ1v) is 10.1. The zero-order valence-corrected chi connectivity index (χ0v) is 17.6. The van der Waals surface area contributed by atoms with Gasteiger partial charge in [0.25, 0.3) is 5.91 Å². The van der Waals surface area contributed by atoms with E-state index in [4.69, 9.17) is 0 Å². The second-order valence-corrected chi connectivity index (χ2v) is 7.42. The van der Waals surface area contributed by atoms with Crippen molar-refractivity contribution in [2.75, 3.05) is 4.90 Å². The molecule has 0 aliphatic rings. The van der Waals surface area contributed by atoms with Gasteiger partial charge in [0.05, 0.1) is 17.7 Å². The zero-order valence-electron chi connectivity index (χ0n) is 17.6. The molecule has 0 radical (unpaired) electrons. The van der Waals surface area contributed by atoms with Crippen LogP contribution in [0.3, 0.4) is 0 Å². The largest absolute Gasteiger partial charge is 0.508 e. The van der Waals surface area contributed by atoms with Gasteiger partial charge in [-0.3, -0.25) is 14.8 Å². The molecule has 0 saturated heterocycles. The Hall–Kier alpha value is -4.40. The molecule has 0 saturated carbocycles. The molecule has 6 nitrogen and oxygen atoms in total. The fourth-order valence-corrected chi connectivity index (χ4v) is 3.49. The summed E-state index contributed by atoms with van der Waals surface area (Å²) in [6, 6.07) is 14.4. The number of aromatic nitrogens is 2. The van der Waals surface area contributed by atoms with Crippen LogP contribution in [-0.2, 0) is 12.7 Å². The number of phenolic OH excluding ortho intramolecular Hbond substituents is 2. The van der Waals surface area contributed by atoms with Crippen LogP contribution in [0.25, 0.3) is 11.1 Å². The fourth-order valence-electron chi connectivity index (χ4n) is 3.49. The second kappa shape index (κ2) is 9.22. The number of pyridine rings is 2. The van der Waals surface area contributed by atoms with Gasteiger partial charge in [0.2, 0.25) is 0 Å². The lowest BCUT2D eigenvalue weighted by Gasteiger charge is -2.24. The molecule has 0 fully saturated rings. The van der Waals surface area contributed by atoms with Crippen molar-refractivity contribution >= 4 is 11.6 Å². The van der Waals surface area contributed by atoms with Crippen LogP contribution >= 0.6 is 0 Å². The normalized spacial score (nSPS) is 11.3. The molecule has 4 rings (SSSR count). The highest BCUT2D eigenvalue weighted by Gasteiger charge is 2.34. The van der Waals surface area contributed by atoms with Gasteiger partial charge in [-0.1, -0.05) is 18.2 Å². The molecular formula is C25H18F3N3O3. The minimum atomic E-state index is -4.57. The quantitative estimate of drug-likeness (QED) is 0.411. The van der Waals surface area contributed by atoms with Gasteiger partial charge in [-0.2, -0.15) is 13.2 Å². The molecule has 0 unspecified atom stereocenters. The summed E-state index contributed by atoms with van der Waals surface area (Å²) >= 11 is 0. The summed E-state index contributed by atoms with van der Waals surface area (Å²) in [5.41, 5.74) is 0.466. The standard InChI is InChI=1S/C25H18F3N3O3/c26-25(27,28)22-14-30-11-9-20(22)17-3-5-18(6-4-17)31(15-16-2-1-10-29-13-16)24(34)21-8-7-19(32)12-23(21)33/h1-14,32-33H,15H2. The summed E-state index contributed by atoms with van der Waals surface area (Å²) in [4.78, 5) is 22.3. The molecule has 2 aromatic heterocycles. The number of benzene rings is 2. The smallest absolute Gasteiger partial charge is 0.418 e. The Morgan fingerprint density at radius 1 is 0.912 bits per heavy atom. The third-order valence-corrected chi connectivity index (χ3v) is 5.14. The lowest BCUT2D eigenvalue weighted by molar-refractivity contribution is -0.137. The van der Waals surface area contributed by atoms with E-state index in [0.29, 0.717) is 16.8 Å². The second-order valence-electron chi connectivity index (χ2n) is 7.42. The predicted molar refractivity (Wildman–Crippen MR) is 119 cm³/mol. The van der Waals surface area contributed by atoms with Gasteiger partial charge in [-0.15, -0.1) is 0 Å². The van der Waals surface area contributed by atoms with Gasteiger partial charge in [-0.05, 0) is 53.1 Å². The topological polar surface area (TPSA) is 86.5 Å². The minimum absolute atomic E-state index is 0.0321. The maximum Gasteiger partial charge on any atom is 0.418 e. The number of rotatable bonds is 5. The van der Waals surface area contributed by atoms with Crippen LogP contribution in [0, 0.1) is 0 Å². The number of phenols is 2. The number of aromatic hydroxyl groups is 2. The van der Waals surface area contributed by atoms with Gasteiger partial charge in [0.1, 0.15) is 11.5 Å². The van der Waals surface area contributed by atoms with E-state index in [1.807, 2.05) is 0 Å². The third-order valence-electron chi connectivity index (χ3n) is 5.14. The maximum absolute atomic E-state index is 13.4. The number of carbonyl (C=O) groups is 1. The molecule has 4 aromatic rings. The summed E-state index contributed by atoms with van der Waals surface area (Å²) < 4.78 is 40.2. The van der Waals surface area contributed by atoms with Crippen molar-refractivity contribution in [3.05, 3.63) is 102 Å². The Morgan fingerprint density at radius 2 is 1.65 bits per heavy atom. The molecule has 0 aliphatic carbocycles. The summed E-state index contributed by atoms with van der Waals surface area (Å²) in [6.45, 7) is 0.0927. The first-order chi connectivity index (χ1) is 16.2.